The molecular formula is C10H10BrClOS. The Morgan fingerprint density at radius 3 is 2.71 bits per heavy atom. The van der Waals surface area contributed by atoms with Crippen LogP contribution in [0.5, 0.6) is 0 Å². The quantitative estimate of drug-likeness (QED) is 0.617. The Balaban J connectivity index is 3.20. The second kappa shape index (κ2) is 5.19. The minimum absolute atomic E-state index is 0.0857. The fourth-order valence-electron chi connectivity index (χ4n) is 1.16. The summed E-state index contributed by atoms with van der Waals surface area (Å²) in [5.74, 6) is 0.0857. The lowest BCUT2D eigenvalue weighted by atomic mass is 10.1. The third-order valence-corrected chi connectivity index (χ3v) is 4.26. The number of carbonyl (C=O) groups excluding carboxylic acids is 1. The number of alkyl halides is 1. The molecule has 0 aliphatic carbocycles. The van der Waals surface area contributed by atoms with Crippen molar-refractivity contribution >= 4 is 45.1 Å². The van der Waals surface area contributed by atoms with E-state index in [4.69, 9.17) is 11.6 Å². The van der Waals surface area contributed by atoms with Gasteiger partial charge >= 0.3 is 0 Å². The fraction of sp³-hybridized carbons (Fsp3) is 0.300. The average molecular weight is 294 g/mol. The molecule has 14 heavy (non-hydrogen) atoms. The number of Topliss-reactive ketones (excluding diaryl/α,β-unsaturated/α-hetero) is 1. The first-order valence-corrected chi connectivity index (χ1v) is 6.56. The van der Waals surface area contributed by atoms with Gasteiger partial charge in [-0.3, -0.25) is 4.79 Å². The number of benzene rings is 1. The maximum absolute atomic E-state index is 11.2. The number of hydrogen-bond acceptors (Lipinski definition) is 2. The number of ketones is 1. The number of halogens is 2. The SMILES string of the molecule is CSc1c(Cl)cccc1C(Br)C(C)=O. The summed E-state index contributed by atoms with van der Waals surface area (Å²) in [4.78, 5) is 11.9. The van der Waals surface area contributed by atoms with Gasteiger partial charge in [-0.05, 0) is 24.8 Å². The van der Waals surface area contributed by atoms with Crippen LogP contribution in [0.3, 0.4) is 0 Å². The molecule has 0 amide bonds. The highest BCUT2D eigenvalue weighted by Crippen LogP contribution is 2.36. The highest BCUT2D eigenvalue weighted by molar-refractivity contribution is 9.09. The fourth-order valence-corrected chi connectivity index (χ4v) is 2.79. The summed E-state index contributed by atoms with van der Waals surface area (Å²) in [6, 6.07) is 5.60. The van der Waals surface area contributed by atoms with E-state index < -0.39 is 0 Å². The Bertz CT molecular complexity index is 354. The van der Waals surface area contributed by atoms with Crippen molar-refractivity contribution < 1.29 is 4.79 Å². The topological polar surface area (TPSA) is 17.1 Å². The first kappa shape index (κ1) is 12.1. The van der Waals surface area contributed by atoms with Crippen LogP contribution in [-0.2, 0) is 4.79 Å². The van der Waals surface area contributed by atoms with E-state index in [0.29, 0.717) is 5.02 Å². The molecule has 0 aliphatic heterocycles. The van der Waals surface area contributed by atoms with Crippen molar-refractivity contribution in [3.05, 3.63) is 28.8 Å². The Morgan fingerprint density at radius 1 is 1.57 bits per heavy atom. The molecule has 76 valence electrons. The molecule has 1 aromatic carbocycles. The summed E-state index contributed by atoms with van der Waals surface area (Å²) in [7, 11) is 0. The van der Waals surface area contributed by atoms with Gasteiger partial charge in [0.1, 0.15) is 5.78 Å². The highest BCUT2D eigenvalue weighted by atomic mass is 79.9. The van der Waals surface area contributed by atoms with Crippen LogP contribution in [0.2, 0.25) is 5.02 Å². The number of hydrogen-bond donors (Lipinski definition) is 0. The zero-order valence-electron chi connectivity index (χ0n) is 7.88. The van der Waals surface area contributed by atoms with Crippen LogP contribution in [-0.4, -0.2) is 12.0 Å². The molecule has 0 saturated carbocycles. The maximum atomic E-state index is 11.2. The summed E-state index contributed by atoms with van der Waals surface area (Å²) in [5.41, 5.74) is 0.942. The molecule has 4 heteroatoms. The van der Waals surface area contributed by atoms with Gasteiger partial charge in [0.25, 0.3) is 0 Å². The van der Waals surface area contributed by atoms with Crippen molar-refractivity contribution in [2.45, 2.75) is 16.6 Å². The molecule has 0 radical (unpaired) electrons. The van der Waals surface area contributed by atoms with Crippen LogP contribution in [0.25, 0.3) is 0 Å². The van der Waals surface area contributed by atoms with Gasteiger partial charge in [0.15, 0.2) is 0 Å². The number of thioether (sulfide) groups is 1. The van der Waals surface area contributed by atoms with E-state index >= 15 is 0 Å². The van der Waals surface area contributed by atoms with Gasteiger partial charge in [-0.25, -0.2) is 0 Å². The molecular weight excluding hydrogens is 284 g/mol. The molecule has 0 heterocycles. The summed E-state index contributed by atoms with van der Waals surface area (Å²) < 4.78 is 0. The normalized spacial score (nSPS) is 12.6. The van der Waals surface area contributed by atoms with Crippen molar-refractivity contribution in [2.24, 2.45) is 0 Å². The molecule has 1 unspecified atom stereocenters. The first-order valence-electron chi connectivity index (χ1n) is 4.05. The molecule has 0 aromatic heterocycles. The second-order valence-electron chi connectivity index (χ2n) is 2.84. The van der Waals surface area contributed by atoms with Gasteiger partial charge in [-0.1, -0.05) is 39.7 Å². The molecule has 0 N–H and O–H groups in total. The monoisotopic (exact) mass is 292 g/mol. The molecule has 0 fully saturated rings. The van der Waals surface area contributed by atoms with Gasteiger partial charge in [-0.15, -0.1) is 11.8 Å². The third-order valence-electron chi connectivity index (χ3n) is 1.83. The van der Waals surface area contributed by atoms with E-state index in [0.717, 1.165) is 10.5 Å². The zero-order valence-corrected chi connectivity index (χ0v) is 11.0. The molecule has 0 saturated heterocycles. The molecule has 0 aliphatic rings. The lowest BCUT2D eigenvalue weighted by Crippen LogP contribution is -2.02. The van der Waals surface area contributed by atoms with Gasteiger partial charge in [0.05, 0.1) is 9.85 Å². The van der Waals surface area contributed by atoms with Crippen LogP contribution in [0.4, 0.5) is 0 Å². The van der Waals surface area contributed by atoms with E-state index in [2.05, 4.69) is 15.9 Å². The van der Waals surface area contributed by atoms with Crippen molar-refractivity contribution in [3.8, 4) is 0 Å². The summed E-state index contributed by atoms with van der Waals surface area (Å²) >= 11 is 10.9. The van der Waals surface area contributed by atoms with Crippen molar-refractivity contribution in [3.63, 3.8) is 0 Å². The van der Waals surface area contributed by atoms with Crippen LogP contribution in [0, 0.1) is 0 Å². The summed E-state index contributed by atoms with van der Waals surface area (Å²) in [5, 5.41) is 0.695. The molecule has 1 aromatic rings. The number of rotatable bonds is 3. The standard InChI is InChI=1S/C10H10BrClOS/c1-6(13)9(11)7-4-3-5-8(12)10(7)14-2/h3-5,9H,1-2H3. The van der Waals surface area contributed by atoms with E-state index in [-0.39, 0.29) is 10.6 Å². The lowest BCUT2D eigenvalue weighted by molar-refractivity contribution is -0.116. The molecule has 0 bridgehead atoms. The predicted octanol–water partition coefficient (Wildman–Crippen LogP) is 4.09. The highest BCUT2D eigenvalue weighted by Gasteiger charge is 2.17. The molecule has 0 spiro atoms. The zero-order chi connectivity index (χ0) is 10.7. The predicted molar refractivity (Wildman–Crippen MR) is 65.6 cm³/mol. The Kier molecular flexibility index (Phi) is 4.48. The summed E-state index contributed by atoms with van der Waals surface area (Å²) in [6.45, 7) is 1.56. The van der Waals surface area contributed by atoms with Crippen LogP contribution >= 0.6 is 39.3 Å². The largest absolute Gasteiger partial charge is 0.298 e. The van der Waals surface area contributed by atoms with Gasteiger partial charge in [-0.2, -0.15) is 0 Å². The first-order chi connectivity index (χ1) is 6.57. The Labute approximate surface area is 101 Å². The Morgan fingerprint density at radius 2 is 2.21 bits per heavy atom. The second-order valence-corrected chi connectivity index (χ2v) is 4.97. The Hall–Kier alpha value is 0.01000. The number of carbonyl (C=O) groups is 1. The van der Waals surface area contributed by atoms with Crippen LogP contribution < -0.4 is 0 Å². The van der Waals surface area contributed by atoms with Crippen molar-refractivity contribution in [2.75, 3.05) is 6.26 Å². The van der Waals surface area contributed by atoms with Gasteiger partial charge < -0.3 is 0 Å². The van der Waals surface area contributed by atoms with E-state index in [9.17, 15) is 4.79 Å². The van der Waals surface area contributed by atoms with Crippen molar-refractivity contribution in [1.29, 1.82) is 0 Å². The molecule has 1 atom stereocenters. The molecule has 1 rings (SSSR count). The van der Waals surface area contributed by atoms with E-state index in [1.54, 1.807) is 18.7 Å². The lowest BCUT2D eigenvalue weighted by Gasteiger charge is -2.12. The smallest absolute Gasteiger partial charge is 0.147 e. The van der Waals surface area contributed by atoms with Gasteiger partial charge in [0.2, 0.25) is 0 Å². The maximum Gasteiger partial charge on any atom is 0.147 e. The van der Waals surface area contributed by atoms with Crippen LogP contribution in [0.1, 0.15) is 17.3 Å². The van der Waals surface area contributed by atoms with Crippen LogP contribution in [0.15, 0.2) is 23.1 Å². The minimum atomic E-state index is -0.261. The van der Waals surface area contributed by atoms with Gasteiger partial charge in [0, 0.05) is 4.90 Å². The molecule has 1 nitrogen and oxygen atoms in total. The average Bonchev–Trinajstić information content (AvgIpc) is 2.16. The van der Waals surface area contributed by atoms with Crippen molar-refractivity contribution in [1.82, 2.24) is 0 Å². The van der Waals surface area contributed by atoms with E-state index in [1.807, 2.05) is 24.5 Å². The third kappa shape index (κ3) is 2.53. The summed E-state index contributed by atoms with van der Waals surface area (Å²) in [6.07, 6.45) is 1.95. The minimum Gasteiger partial charge on any atom is -0.298 e. The van der Waals surface area contributed by atoms with E-state index in [1.165, 1.54) is 0 Å².